The van der Waals surface area contributed by atoms with Crippen molar-refractivity contribution in [3.63, 3.8) is 0 Å². The second kappa shape index (κ2) is 16.2. The summed E-state index contributed by atoms with van der Waals surface area (Å²) in [6.07, 6.45) is 4.12. The van der Waals surface area contributed by atoms with Crippen LogP contribution in [0.1, 0.15) is 108 Å². The Labute approximate surface area is 377 Å². The van der Waals surface area contributed by atoms with E-state index in [2.05, 4.69) is 214 Å². The number of benzene rings is 8. The molecule has 0 unspecified atom stereocenters. The van der Waals surface area contributed by atoms with Crippen LogP contribution in [0.5, 0.6) is 0 Å². The van der Waals surface area contributed by atoms with Gasteiger partial charge in [0.1, 0.15) is 0 Å². The van der Waals surface area contributed by atoms with Crippen LogP contribution in [0.3, 0.4) is 0 Å². The molecule has 8 aromatic carbocycles. The molecule has 0 fully saturated rings. The van der Waals surface area contributed by atoms with Crippen molar-refractivity contribution < 1.29 is 0 Å². The number of anilines is 6. The first kappa shape index (κ1) is 42.2. The highest BCUT2D eigenvalue weighted by atomic mass is 15.1. The summed E-state index contributed by atoms with van der Waals surface area (Å²) >= 11 is 0. The summed E-state index contributed by atoms with van der Waals surface area (Å²) < 4.78 is 0. The molecule has 2 heteroatoms. The Hall–Kier alpha value is -6.12. The first-order valence-corrected chi connectivity index (χ1v) is 23.4. The Balaban J connectivity index is 1.16. The molecule has 9 rings (SSSR count). The standard InChI is InChI=1S/C61H64N2/c1-13-43-17-21-49(33-45(43)15-3)62(53-29-37(5)41(9)38(6)30-53)51-23-27-55-47(35-51)19-25-57-58-26-20-48-36-52(24-28-56(48)60(58)61(11,12)59(55)57)63(54-31-39(7)42(10)40(8)32-54)50-22-18-44(14-2)46(16-4)34-50/h17-36H,13-16H2,1-12H3. The van der Waals surface area contributed by atoms with Crippen LogP contribution in [-0.4, -0.2) is 0 Å². The van der Waals surface area contributed by atoms with Gasteiger partial charge in [0.15, 0.2) is 0 Å². The number of fused-ring (bicyclic) bond motifs is 7. The van der Waals surface area contributed by atoms with E-state index in [1.54, 1.807) is 0 Å². The van der Waals surface area contributed by atoms with Crippen LogP contribution in [0.25, 0.3) is 32.7 Å². The minimum atomic E-state index is -0.208. The highest BCUT2D eigenvalue weighted by Gasteiger charge is 2.38. The number of rotatable bonds is 10. The number of aryl methyl sites for hydroxylation is 8. The third-order valence-electron chi connectivity index (χ3n) is 14.8. The van der Waals surface area contributed by atoms with Crippen LogP contribution in [0.4, 0.5) is 34.1 Å². The fourth-order valence-corrected chi connectivity index (χ4v) is 10.9. The largest absolute Gasteiger partial charge is 0.310 e. The van der Waals surface area contributed by atoms with Gasteiger partial charge in [-0.3, -0.25) is 0 Å². The maximum atomic E-state index is 2.47. The SMILES string of the molecule is CCc1ccc(N(c2cc(C)c(C)c(C)c2)c2ccc3c4c(ccc3c2)-c2ccc3cc(N(c5cc(C)c(C)c(C)c5)c5ccc(CC)c(CC)c5)ccc3c2C4(C)C)cc1CC. The molecule has 0 saturated carbocycles. The van der Waals surface area contributed by atoms with Gasteiger partial charge in [-0.25, -0.2) is 0 Å². The van der Waals surface area contributed by atoms with Crippen molar-refractivity contribution in [3.05, 3.63) is 188 Å². The van der Waals surface area contributed by atoms with Gasteiger partial charge in [0, 0.05) is 39.5 Å². The monoisotopic (exact) mass is 825 g/mol. The van der Waals surface area contributed by atoms with Crippen LogP contribution in [0.15, 0.2) is 121 Å². The molecule has 0 atom stereocenters. The van der Waals surface area contributed by atoms with E-state index in [4.69, 9.17) is 0 Å². The number of nitrogens with zero attached hydrogens (tertiary/aromatic N) is 2. The Bertz CT molecular complexity index is 2850. The highest BCUT2D eigenvalue weighted by molar-refractivity contribution is 6.05. The Kier molecular flexibility index (Phi) is 10.9. The Morgan fingerprint density at radius 2 is 0.683 bits per heavy atom. The molecule has 0 N–H and O–H groups in total. The molecule has 2 nitrogen and oxygen atoms in total. The van der Waals surface area contributed by atoms with E-state index in [0.29, 0.717) is 0 Å². The quantitative estimate of drug-likeness (QED) is 0.136. The molecule has 8 aromatic rings. The summed E-state index contributed by atoms with van der Waals surface area (Å²) in [7, 11) is 0. The fourth-order valence-electron chi connectivity index (χ4n) is 10.9. The molecular weight excluding hydrogens is 761 g/mol. The molecule has 63 heavy (non-hydrogen) atoms. The molecule has 0 spiro atoms. The number of hydrogen-bond donors (Lipinski definition) is 0. The van der Waals surface area contributed by atoms with Crippen molar-refractivity contribution in [2.24, 2.45) is 0 Å². The van der Waals surface area contributed by atoms with Crippen molar-refractivity contribution >= 4 is 55.7 Å². The molecule has 0 saturated heterocycles. The van der Waals surface area contributed by atoms with Crippen LogP contribution in [0, 0.1) is 41.5 Å². The normalized spacial score (nSPS) is 12.8. The summed E-state index contributed by atoms with van der Waals surface area (Å²) in [5.74, 6) is 0. The molecule has 0 bridgehead atoms. The summed E-state index contributed by atoms with van der Waals surface area (Å²) in [4.78, 5) is 4.94. The second-order valence-electron chi connectivity index (χ2n) is 18.8. The zero-order valence-corrected chi connectivity index (χ0v) is 39.8. The van der Waals surface area contributed by atoms with E-state index in [-0.39, 0.29) is 5.41 Å². The molecule has 0 heterocycles. The molecule has 1 aliphatic carbocycles. The molecule has 0 aromatic heterocycles. The van der Waals surface area contributed by atoms with Gasteiger partial charge in [0.05, 0.1) is 0 Å². The summed E-state index contributed by atoms with van der Waals surface area (Å²) in [5, 5.41) is 5.19. The van der Waals surface area contributed by atoms with Gasteiger partial charge in [0.2, 0.25) is 0 Å². The molecule has 0 radical (unpaired) electrons. The van der Waals surface area contributed by atoms with E-state index >= 15 is 0 Å². The third kappa shape index (κ3) is 7.03. The lowest BCUT2D eigenvalue weighted by Gasteiger charge is -2.29. The first-order valence-electron chi connectivity index (χ1n) is 23.4. The molecule has 0 amide bonds. The molecular formula is C61H64N2. The second-order valence-corrected chi connectivity index (χ2v) is 18.8. The molecule has 0 aliphatic heterocycles. The van der Waals surface area contributed by atoms with Gasteiger partial charge >= 0.3 is 0 Å². The minimum Gasteiger partial charge on any atom is -0.310 e. The zero-order chi connectivity index (χ0) is 44.5. The lowest BCUT2D eigenvalue weighted by Crippen LogP contribution is -2.16. The van der Waals surface area contributed by atoms with Gasteiger partial charge < -0.3 is 9.80 Å². The van der Waals surface area contributed by atoms with Crippen molar-refractivity contribution in [2.45, 2.75) is 114 Å². The zero-order valence-electron chi connectivity index (χ0n) is 39.8. The maximum absolute atomic E-state index is 2.47. The molecule has 1 aliphatic rings. The van der Waals surface area contributed by atoms with E-state index < -0.39 is 0 Å². The predicted molar refractivity (Wildman–Crippen MR) is 274 cm³/mol. The molecule has 318 valence electrons. The van der Waals surface area contributed by atoms with Crippen LogP contribution in [0.2, 0.25) is 0 Å². The number of hydrogen-bond acceptors (Lipinski definition) is 2. The Morgan fingerprint density at radius 1 is 0.349 bits per heavy atom. The Morgan fingerprint density at radius 3 is 1.03 bits per heavy atom. The van der Waals surface area contributed by atoms with Gasteiger partial charge in [-0.1, -0.05) is 90.1 Å². The lowest BCUT2D eigenvalue weighted by molar-refractivity contribution is 0.672. The topological polar surface area (TPSA) is 6.48 Å². The van der Waals surface area contributed by atoms with E-state index in [1.807, 2.05) is 0 Å². The minimum absolute atomic E-state index is 0.208. The average Bonchev–Trinajstić information content (AvgIpc) is 3.53. The van der Waals surface area contributed by atoms with Crippen LogP contribution < -0.4 is 9.80 Å². The summed E-state index contributed by atoms with van der Waals surface area (Å²) in [6.45, 7) is 27.4. The lowest BCUT2D eigenvalue weighted by atomic mass is 9.78. The first-order chi connectivity index (χ1) is 30.3. The van der Waals surface area contributed by atoms with Gasteiger partial charge in [-0.2, -0.15) is 0 Å². The van der Waals surface area contributed by atoms with Crippen LogP contribution >= 0.6 is 0 Å². The third-order valence-corrected chi connectivity index (χ3v) is 14.8. The van der Waals surface area contributed by atoms with E-state index in [9.17, 15) is 0 Å². The smallest absolute Gasteiger partial charge is 0.0468 e. The predicted octanol–water partition coefficient (Wildman–Crippen LogP) is 17.3. The summed E-state index contributed by atoms with van der Waals surface area (Å²) in [6, 6.07) is 47.4. The van der Waals surface area contributed by atoms with Crippen molar-refractivity contribution in [1.82, 2.24) is 0 Å². The summed E-state index contributed by atoms with van der Waals surface area (Å²) in [5.41, 5.74) is 26.2. The van der Waals surface area contributed by atoms with Gasteiger partial charge in [-0.05, 0) is 239 Å². The van der Waals surface area contributed by atoms with Crippen molar-refractivity contribution in [3.8, 4) is 11.1 Å². The van der Waals surface area contributed by atoms with Gasteiger partial charge in [0.25, 0.3) is 0 Å². The van der Waals surface area contributed by atoms with E-state index in [0.717, 1.165) is 25.7 Å². The van der Waals surface area contributed by atoms with Crippen molar-refractivity contribution in [1.29, 1.82) is 0 Å². The van der Waals surface area contributed by atoms with Crippen LogP contribution in [-0.2, 0) is 31.1 Å². The highest BCUT2D eigenvalue weighted by Crippen LogP contribution is 2.54. The fraction of sp³-hybridized carbons (Fsp3) is 0.279. The van der Waals surface area contributed by atoms with E-state index in [1.165, 1.54) is 134 Å². The van der Waals surface area contributed by atoms with Crippen molar-refractivity contribution in [2.75, 3.05) is 9.80 Å². The maximum Gasteiger partial charge on any atom is 0.0468 e. The average molecular weight is 825 g/mol. The van der Waals surface area contributed by atoms with Gasteiger partial charge in [-0.15, -0.1) is 0 Å².